The second kappa shape index (κ2) is 7.50. The van der Waals surface area contributed by atoms with Gasteiger partial charge in [-0.2, -0.15) is 0 Å². The van der Waals surface area contributed by atoms with Crippen molar-refractivity contribution in [3.8, 4) is 0 Å². The number of nitrogens with two attached hydrogens (primary N) is 1. The molecule has 1 saturated carbocycles. The molecule has 0 unspecified atom stereocenters. The first-order chi connectivity index (χ1) is 9.34. The summed E-state index contributed by atoms with van der Waals surface area (Å²) < 4.78 is 0. The Bertz CT molecular complexity index is 340. The van der Waals surface area contributed by atoms with Gasteiger partial charge in [0.15, 0.2) is 0 Å². The summed E-state index contributed by atoms with van der Waals surface area (Å²) >= 11 is 0. The molecular formula is C15H29N3O2. The predicted octanol–water partition coefficient (Wildman–Crippen LogP) is 2.48. The molecule has 1 aliphatic carbocycles. The molecule has 0 atom stereocenters. The van der Waals surface area contributed by atoms with E-state index in [1.165, 1.54) is 0 Å². The number of amidine groups is 1. The van der Waals surface area contributed by atoms with Gasteiger partial charge in [-0.1, -0.05) is 25.9 Å². The Hall–Kier alpha value is -1.26. The van der Waals surface area contributed by atoms with Crippen LogP contribution < -0.4 is 11.1 Å². The first-order valence-corrected chi connectivity index (χ1v) is 7.58. The number of amides is 1. The molecule has 0 aliphatic heterocycles. The molecule has 0 heterocycles. The molecule has 0 radical (unpaired) electrons. The Morgan fingerprint density at radius 3 is 2.40 bits per heavy atom. The highest BCUT2D eigenvalue weighted by atomic mass is 16.4. The van der Waals surface area contributed by atoms with Crippen molar-refractivity contribution < 1.29 is 10.0 Å². The van der Waals surface area contributed by atoms with Crippen LogP contribution in [0.1, 0.15) is 59.3 Å². The number of rotatable bonds is 5. The normalized spacial score (nSPS) is 24.4. The summed E-state index contributed by atoms with van der Waals surface area (Å²) in [6.45, 7) is 7.44. The Morgan fingerprint density at radius 2 is 1.90 bits per heavy atom. The molecule has 1 amide bonds. The Labute approximate surface area is 122 Å². The smallest absolute Gasteiger partial charge is 0.223 e. The molecule has 0 aromatic rings. The van der Waals surface area contributed by atoms with E-state index in [-0.39, 0.29) is 17.7 Å². The fraction of sp³-hybridized carbons (Fsp3) is 0.867. The van der Waals surface area contributed by atoms with E-state index in [9.17, 15) is 4.79 Å². The van der Waals surface area contributed by atoms with Gasteiger partial charge in [0.25, 0.3) is 0 Å². The van der Waals surface area contributed by atoms with Crippen LogP contribution in [0.15, 0.2) is 5.16 Å². The van der Waals surface area contributed by atoms with E-state index in [0.717, 1.165) is 31.6 Å². The lowest BCUT2D eigenvalue weighted by Gasteiger charge is -2.36. The maximum Gasteiger partial charge on any atom is 0.223 e. The zero-order chi connectivity index (χ0) is 15.2. The van der Waals surface area contributed by atoms with Crippen LogP contribution in [-0.4, -0.2) is 23.5 Å². The molecule has 5 heteroatoms. The standard InChI is InChI=1S/C15H29N3O2/c1-15(2,3)12-8-6-11(7-9-12)14(19)17-10-4-5-13(16)18-20/h11-12,20H,4-10H2,1-3H3,(H2,16,18)(H,17,19). The van der Waals surface area contributed by atoms with Crippen LogP contribution in [0.3, 0.4) is 0 Å². The quantitative estimate of drug-likeness (QED) is 0.238. The molecular weight excluding hydrogens is 254 g/mol. The second-order valence-electron chi connectivity index (χ2n) is 6.90. The van der Waals surface area contributed by atoms with Crippen LogP contribution in [0.2, 0.25) is 0 Å². The molecule has 0 bridgehead atoms. The van der Waals surface area contributed by atoms with Crippen molar-refractivity contribution >= 4 is 11.7 Å². The molecule has 20 heavy (non-hydrogen) atoms. The predicted molar refractivity (Wildman–Crippen MR) is 80.6 cm³/mol. The summed E-state index contributed by atoms with van der Waals surface area (Å²) in [5, 5.41) is 14.3. The summed E-state index contributed by atoms with van der Waals surface area (Å²) in [4.78, 5) is 12.0. The zero-order valence-electron chi connectivity index (χ0n) is 13.0. The maximum absolute atomic E-state index is 12.0. The minimum Gasteiger partial charge on any atom is -0.409 e. The van der Waals surface area contributed by atoms with Gasteiger partial charge < -0.3 is 16.3 Å². The molecule has 0 aromatic carbocycles. The van der Waals surface area contributed by atoms with Gasteiger partial charge in [-0.3, -0.25) is 4.79 Å². The largest absolute Gasteiger partial charge is 0.409 e. The lowest BCUT2D eigenvalue weighted by Crippen LogP contribution is -2.36. The molecule has 1 rings (SSSR count). The summed E-state index contributed by atoms with van der Waals surface area (Å²) in [6.07, 6.45) is 5.49. The van der Waals surface area contributed by atoms with Crippen molar-refractivity contribution in [2.75, 3.05) is 6.54 Å². The molecule has 0 spiro atoms. The van der Waals surface area contributed by atoms with Crippen molar-refractivity contribution in [2.45, 2.75) is 59.3 Å². The Kier molecular flexibility index (Phi) is 6.30. The minimum atomic E-state index is 0.164. The number of nitrogens with zero attached hydrogens (tertiary/aromatic N) is 1. The van der Waals surface area contributed by atoms with Crippen molar-refractivity contribution in [3.05, 3.63) is 0 Å². The van der Waals surface area contributed by atoms with Crippen molar-refractivity contribution in [3.63, 3.8) is 0 Å². The highest BCUT2D eigenvalue weighted by Crippen LogP contribution is 2.39. The lowest BCUT2D eigenvalue weighted by atomic mass is 9.69. The van der Waals surface area contributed by atoms with E-state index < -0.39 is 0 Å². The van der Waals surface area contributed by atoms with Gasteiger partial charge in [-0.05, 0) is 43.4 Å². The van der Waals surface area contributed by atoms with E-state index in [4.69, 9.17) is 10.9 Å². The maximum atomic E-state index is 12.0. The number of carbonyl (C=O) groups is 1. The number of oxime groups is 1. The fourth-order valence-corrected chi connectivity index (χ4v) is 2.90. The monoisotopic (exact) mass is 283 g/mol. The van der Waals surface area contributed by atoms with E-state index in [1.807, 2.05) is 0 Å². The first kappa shape index (κ1) is 16.8. The summed E-state index contributed by atoms with van der Waals surface area (Å²) in [7, 11) is 0. The van der Waals surface area contributed by atoms with E-state index >= 15 is 0 Å². The number of hydrogen-bond donors (Lipinski definition) is 3. The molecule has 4 N–H and O–H groups in total. The third-order valence-corrected chi connectivity index (χ3v) is 4.36. The minimum absolute atomic E-state index is 0.164. The first-order valence-electron chi connectivity index (χ1n) is 7.58. The Balaban J connectivity index is 2.23. The molecule has 1 fully saturated rings. The van der Waals surface area contributed by atoms with Crippen LogP contribution in [-0.2, 0) is 4.79 Å². The van der Waals surface area contributed by atoms with E-state index in [0.29, 0.717) is 24.8 Å². The van der Waals surface area contributed by atoms with Gasteiger partial charge in [-0.15, -0.1) is 0 Å². The number of nitrogens with one attached hydrogen (secondary N) is 1. The van der Waals surface area contributed by atoms with Crippen molar-refractivity contribution in [1.82, 2.24) is 5.32 Å². The molecule has 116 valence electrons. The topological polar surface area (TPSA) is 87.7 Å². The Morgan fingerprint density at radius 1 is 1.30 bits per heavy atom. The summed E-state index contributed by atoms with van der Waals surface area (Å²) in [5.74, 6) is 1.27. The van der Waals surface area contributed by atoms with E-state index in [1.54, 1.807) is 0 Å². The lowest BCUT2D eigenvalue weighted by molar-refractivity contribution is -0.126. The van der Waals surface area contributed by atoms with Crippen molar-refractivity contribution in [1.29, 1.82) is 0 Å². The van der Waals surface area contributed by atoms with Gasteiger partial charge in [0, 0.05) is 18.9 Å². The van der Waals surface area contributed by atoms with Crippen LogP contribution in [0.5, 0.6) is 0 Å². The summed E-state index contributed by atoms with van der Waals surface area (Å²) in [5.41, 5.74) is 5.73. The van der Waals surface area contributed by atoms with Gasteiger partial charge in [0.05, 0.1) is 0 Å². The highest BCUT2D eigenvalue weighted by molar-refractivity contribution is 5.80. The van der Waals surface area contributed by atoms with Crippen LogP contribution in [0.25, 0.3) is 0 Å². The van der Waals surface area contributed by atoms with Gasteiger partial charge in [-0.25, -0.2) is 0 Å². The number of hydrogen-bond acceptors (Lipinski definition) is 3. The molecule has 1 aliphatic rings. The number of carbonyl (C=O) groups excluding carboxylic acids is 1. The average Bonchev–Trinajstić information content (AvgIpc) is 2.42. The third-order valence-electron chi connectivity index (χ3n) is 4.36. The van der Waals surface area contributed by atoms with Gasteiger partial charge in [0.2, 0.25) is 5.91 Å². The zero-order valence-corrected chi connectivity index (χ0v) is 13.0. The highest BCUT2D eigenvalue weighted by Gasteiger charge is 2.32. The van der Waals surface area contributed by atoms with Crippen LogP contribution >= 0.6 is 0 Å². The van der Waals surface area contributed by atoms with Gasteiger partial charge >= 0.3 is 0 Å². The van der Waals surface area contributed by atoms with Crippen LogP contribution in [0.4, 0.5) is 0 Å². The molecule has 5 nitrogen and oxygen atoms in total. The third kappa shape index (κ3) is 5.39. The van der Waals surface area contributed by atoms with Gasteiger partial charge in [0.1, 0.15) is 5.84 Å². The fourth-order valence-electron chi connectivity index (χ4n) is 2.90. The molecule has 0 saturated heterocycles. The van der Waals surface area contributed by atoms with Crippen molar-refractivity contribution in [2.24, 2.45) is 28.1 Å². The van der Waals surface area contributed by atoms with E-state index in [2.05, 4.69) is 31.2 Å². The second-order valence-corrected chi connectivity index (χ2v) is 6.90. The average molecular weight is 283 g/mol. The summed E-state index contributed by atoms with van der Waals surface area (Å²) in [6, 6.07) is 0. The SMILES string of the molecule is CC(C)(C)C1CCC(C(=O)NCCCC(N)=NO)CC1. The molecule has 0 aromatic heterocycles. The van der Waals surface area contributed by atoms with Crippen LogP contribution in [0, 0.1) is 17.3 Å².